The SMILES string of the molecule is COc1ccc(-n2nc(-c3ccccc3)c3c2N(CC(=O)NC[C@@H]2CCCO2)C(=O)CS[C@@H]3c2ccccc2Cl)cc1. The highest BCUT2D eigenvalue weighted by molar-refractivity contribution is 8.00. The molecule has 0 aliphatic carbocycles. The van der Waals surface area contributed by atoms with Crippen LogP contribution >= 0.6 is 23.4 Å². The Hall–Kier alpha value is -3.79. The molecular weight excluding hydrogens is 572 g/mol. The summed E-state index contributed by atoms with van der Waals surface area (Å²) in [6.07, 6.45) is 1.89. The van der Waals surface area contributed by atoms with Gasteiger partial charge in [0.05, 0.1) is 35.6 Å². The van der Waals surface area contributed by atoms with Crippen LogP contribution in [0.3, 0.4) is 0 Å². The lowest BCUT2D eigenvalue weighted by atomic mass is 9.99. The zero-order valence-electron chi connectivity index (χ0n) is 23.2. The lowest BCUT2D eigenvalue weighted by Gasteiger charge is -2.24. The van der Waals surface area contributed by atoms with Crippen molar-refractivity contribution in [2.45, 2.75) is 24.2 Å². The van der Waals surface area contributed by atoms with Crippen LogP contribution in [0, 0.1) is 0 Å². The molecule has 3 aromatic carbocycles. The molecule has 0 spiro atoms. The fourth-order valence-electron chi connectivity index (χ4n) is 5.40. The summed E-state index contributed by atoms with van der Waals surface area (Å²) in [5.41, 5.74) is 4.06. The minimum Gasteiger partial charge on any atom is -0.497 e. The van der Waals surface area contributed by atoms with Crippen molar-refractivity contribution in [1.82, 2.24) is 15.1 Å². The summed E-state index contributed by atoms with van der Waals surface area (Å²) in [6, 6.07) is 25.0. The molecule has 1 N–H and O–H groups in total. The fraction of sp³-hybridized carbons (Fsp3) is 0.281. The lowest BCUT2D eigenvalue weighted by Crippen LogP contribution is -2.44. The van der Waals surface area contributed by atoms with Crippen molar-refractivity contribution in [2.75, 3.05) is 37.5 Å². The summed E-state index contributed by atoms with van der Waals surface area (Å²) in [6.45, 7) is 0.973. The molecule has 1 fully saturated rings. The third-order valence-electron chi connectivity index (χ3n) is 7.49. The van der Waals surface area contributed by atoms with E-state index in [9.17, 15) is 9.59 Å². The number of hydrogen-bond acceptors (Lipinski definition) is 6. The maximum Gasteiger partial charge on any atom is 0.240 e. The van der Waals surface area contributed by atoms with E-state index in [1.807, 2.05) is 78.9 Å². The molecule has 0 bridgehead atoms. The molecule has 42 heavy (non-hydrogen) atoms. The maximum atomic E-state index is 13.9. The van der Waals surface area contributed by atoms with Crippen LogP contribution in [-0.2, 0) is 14.3 Å². The Morgan fingerprint density at radius 2 is 1.86 bits per heavy atom. The van der Waals surface area contributed by atoms with Crippen LogP contribution in [0.15, 0.2) is 78.9 Å². The van der Waals surface area contributed by atoms with E-state index in [1.165, 1.54) is 11.8 Å². The average molecular weight is 603 g/mol. The third-order valence-corrected chi connectivity index (χ3v) is 9.07. The minimum absolute atomic E-state index is 0.000912. The molecular formula is C32H31ClN4O4S. The van der Waals surface area contributed by atoms with E-state index >= 15 is 0 Å². The van der Waals surface area contributed by atoms with Crippen LogP contribution < -0.4 is 15.0 Å². The number of ether oxygens (including phenoxy) is 2. The number of anilines is 1. The Bertz CT molecular complexity index is 1570. The lowest BCUT2D eigenvalue weighted by molar-refractivity contribution is -0.123. The minimum atomic E-state index is -0.306. The van der Waals surface area contributed by atoms with Gasteiger partial charge in [0.1, 0.15) is 18.1 Å². The van der Waals surface area contributed by atoms with Crippen molar-refractivity contribution in [3.05, 3.63) is 95.0 Å². The van der Waals surface area contributed by atoms with Crippen molar-refractivity contribution in [2.24, 2.45) is 0 Å². The largest absolute Gasteiger partial charge is 0.497 e. The van der Waals surface area contributed by atoms with Crippen LogP contribution in [0.2, 0.25) is 5.02 Å². The number of nitrogens with zero attached hydrogens (tertiary/aromatic N) is 3. The molecule has 216 valence electrons. The van der Waals surface area contributed by atoms with Crippen LogP contribution in [0.4, 0.5) is 5.82 Å². The zero-order valence-corrected chi connectivity index (χ0v) is 24.7. The average Bonchev–Trinajstić information content (AvgIpc) is 3.66. The van der Waals surface area contributed by atoms with Gasteiger partial charge in [-0.05, 0) is 48.7 Å². The van der Waals surface area contributed by atoms with E-state index in [-0.39, 0.29) is 35.5 Å². The van der Waals surface area contributed by atoms with Crippen LogP contribution in [0.1, 0.15) is 29.2 Å². The quantitative estimate of drug-likeness (QED) is 0.280. The highest BCUT2D eigenvalue weighted by atomic mass is 35.5. The van der Waals surface area contributed by atoms with E-state index in [2.05, 4.69) is 5.32 Å². The van der Waals surface area contributed by atoms with Crippen LogP contribution in [0.5, 0.6) is 5.75 Å². The van der Waals surface area contributed by atoms with Crippen molar-refractivity contribution in [1.29, 1.82) is 0 Å². The Labute approximate surface area is 253 Å². The molecule has 2 aliphatic heterocycles. The number of methoxy groups -OCH3 is 1. The predicted octanol–water partition coefficient (Wildman–Crippen LogP) is 5.67. The second kappa shape index (κ2) is 12.6. The Morgan fingerprint density at radius 1 is 1.10 bits per heavy atom. The van der Waals surface area contributed by atoms with Gasteiger partial charge in [0, 0.05) is 29.3 Å². The molecule has 0 saturated carbocycles. The number of rotatable bonds is 8. The summed E-state index contributed by atoms with van der Waals surface area (Å²) in [5.74, 6) is 0.977. The number of halogens is 1. The van der Waals surface area contributed by atoms with E-state index in [4.69, 9.17) is 26.2 Å². The number of aromatic nitrogens is 2. The van der Waals surface area contributed by atoms with Gasteiger partial charge in [-0.15, -0.1) is 11.8 Å². The molecule has 0 unspecified atom stereocenters. The molecule has 4 aromatic rings. The van der Waals surface area contributed by atoms with Crippen molar-refractivity contribution >= 4 is 41.0 Å². The van der Waals surface area contributed by atoms with Gasteiger partial charge in [0.15, 0.2) is 0 Å². The summed E-state index contributed by atoms with van der Waals surface area (Å²) < 4.78 is 12.8. The van der Waals surface area contributed by atoms with Gasteiger partial charge in [-0.3, -0.25) is 14.5 Å². The van der Waals surface area contributed by atoms with E-state index in [0.717, 1.165) is 40.9 Å². The third kappa shape index (κ3) is 5.77. The van der Waals surface area contributed by atoms with Crippen LogP contribution in [0.25, 0.3) is 16.9 Å². The standard InChI is InChI=1S/C32H31ClN4O4S/c1-40-23-15-13-22(14-16-23)37-32-29(30(35-37)21-8-3-2-4-9-21)31(25-11-5-6-12-26(25)33)42-20-28(39)36(32)19-27(38)34-18-24-10-7-17-41-24/h2-6,8-9,11-16,24,31H,7,10,17-20H2,1H3,(H,34,38)/t24-,31+/m0/s1. The number of carbonyl (C=O) groups excluding carboxylic acids is 2. The summed E-state index contributed by atoms with van der Waals surface area (Å²) in [7, 11) is 1.61. The van der Waals surface area contributed by atoms with Crippen molar-refractivity contribution < 1.29 is 19.1 Å². The molecule has 6 rings (SSSR count). The highest BCUT2D eigenvalue weighted by Crippen LogP contribution is 2.49. The number of hydrogen-bond donors (Lipinski definition) is 1. The van der Waals surface area contributed by atoms with E-state index < -0.39 is 0 Å². The summed E-state index contributed by atoms with van der Waals surface area (Å²) in [4.78, 5) is 28.7. The molecule has 10 heteroatoms. The first-order chi connectivity index (χ1) is 20.5. The number of benzene rings is 3. The highest BCUT2D eigenvalue weighted by Gasteiger charge is 2.38. The summed E-state index contributed by atoms with van der Waals surface area (Å²) in [5, 5.41) is 8.38. The predicted molar refractivity (Wildman–Crippen MR) is 166 cm³/mol. The first-order valence-electron chi connectivity index (χ1n) is 13.9. The van der Waals surface area contributed by atoms with Gasteiger partial charge < -0.3 is 14.8 Å². The first kappa shape index (κ1) is 28.3. The zero-order chi connectivity index (χ0) is 29.1. The molecule has 2 aliphatic rings. The topological polar surface area (TPSA) is 85.7 Å². The van der Waals surface area contributed by atoms with Gasteiger partial charge in [-0.25, -0.2) is 4.68 Å². The van der Waals surface area contributed by atoms with Gasteiger partial charge in [-0.1, -0.05) is 60.1 Å². The smallest absolute Gasteiger partial charge is 0.240 e. The molecule has 2 atom stereocenters. The fourth-order valence-corrected chi connectivity index (χ4v) is 6.94. The van der Waals surface area contributed by atoms with Gasteiger partial charge in [-0.2, -0.15) is 5.10 Å². The first-order valence-corrected chi connectivity index (χ1v) is 15.3. The molecule has 3 heterocycles. The maximum absolute atomic E-state index is 13.9. The second-order valence-electron chi connectivity index (χ2n) is 10.2. The van der Waals surface area contributed by atoms with E-state index in [0.29, 0.717) is 29.7 Å². The molecule has 1 saturated heterocycles. The van der Waals surface area contributed by atoms with Gasteiger partial charge in [0.25, 0.3) is 0 Å². The monoisotopic (exact) mass is 602 g/mol. The number of thioether (sulfide) groups is 1. The van der Waals surface area contributed by atoms with Crippen molar-refractivity contribution in [3.63, 3.8) is 0 Å². The number of amides is 2. The number of carbonyl (C=O) groups is 2. The second-order valence-corrected chi connectivity index (χ2v) is 11.7. The Balaban J connectivity index is 1.52. The molecule has 1 aromatic heterocycles. The summed E-state index contributed by atoms with van der Waals surface area (Å²) >= 11 is 8.25. The Morgan fingerprint density at radius 3 is 2.57 bits per heavy atom. The molecule has 0 radical (unpaired) electrons. The molecule has 2 amide bonds. The normalized spacial score (nSPS) is 18.4. The van der Waals surface area contributed by atoms with E-state index in [1.54, 1.807) is 16.7 Å². The van der Waals surface area contributed by atoms with Gasteiger partial charge >= 0.3 is 0 Å². The Kier molecular flexibility index (Phi) is 8.51. The molecule has 8 nitrogen and oxygen atoms in total. The van der Waals surface area contributed by atoms with Gasteiger partial charge in [0.2, 0.25) is 11.8 Å². The number of fused-ring (bicyclic) bond motifs is 1. The van der Waals surface area contributed by atoms with Crippen molar-refractivity contribution in [3.8, 4) is 22.7 Å². The van der Waals surface area contributed by atoms with Crippen LogP contribution in [-0.4, -0.2) is 60.3 Å². The number of nitrogens with one attached hydrogen (secondary N) is 1.